The third-order valence-corrected chi connectivity index (χ3v) is 4.54. The Kier molecular flexibility index (Phi) is 7.04. The maximum Gasteiger partial charge on any atom is 0.165 e. The summed E-state index contributed by atoms with van der Waals surface area (Å²) >= 11 is 0. The lowest BCUT2D eigenvalue weighted by Crippen LogP contribution is -2.33. The van der Waals surface area contributed by atoms with Gasteiger partial charge in [0.05, 0.1) is 13.7 Å². The molecule has 2 rings (SSSR count). The molecule has 2 atom stereocenters. The molecule has 2 unspecified atom stereocenters. The van der Waals surface area contributed by atoms with Crippen LogP contribution in [0.5, 0.6) is 11.5 Å². The van der Waals surface area contributed by atoms with Gasteiger partial charge in [-0.05, 0) is 31.2 Å². The molecule has 1 saturated carbocycles. The van der Waals surface area contributed by atoms with E-state index in [1.807, 2.05) is 12.1 Å². The van der Waals surface area contributed by atoms with Crippen LogP contribution in [0.4, 0.5) is 0 Å². The topological polar surface area (TPSA) is 30.5 Å². The normalized spacial score (nSPS) is 21.6. The van der Waals surface area contributed by atoms with Gasteiger partial charge in [0.2, 0.25) is 0 Å². The molecule has 124 valence electrons. The van der Waals surface area contributed by atoms with E-state index in [-0.39, 0.29) is 0 Å². The fourth-order valence-electron chi connectivity index (χ4n) is 3.22. The first-order valence-corrected chi connectivity index (χ1v) is 8.76. The van der Waals surface area contributed by atoms with Gasteiger partial charge < -0.3 is 14.8 Å². The Morgan fingerprint density at radius 2 is 2.14 bits per heavy atom. The number of nitrogens with one attached hydrogen (secondary N) is 1. The number of hydrogen-bond acceptors (Lipinski definition) is 3. The highest BCUT2D eigenvalue weighted by molar-refractivity contribution is 5.46. The molecular weight excluding hydrogens is 274 g/mol. The van der Waals surface area contributed by atoms with E-state index in [0.29, 0.717) is 6.04 Å². The van der Waals surface area contributed by atoms with Crippen molar-refractivity contribution < 1.29 is 9.47 Å². The number of methoxy groups -OCH3 is 1. The quantitative estimate of drug-likeness (QED) is 0.715. The average molecular weight is 305 g/mol. The van der Waals surface area contributed by atoms with E-state index in [9.17, 15) is 0 Å². The summed E-state index contributed by atoms with van der Waals surface area (Å²) in [5, 5.41) is 3.71. The zero-order valence-corrected chi connectivity index (χ0v) is 14.4. The summed E-state index contributed by atoms with van der Waals surface area (Å²) in [5.41, 5.74) is 1.20. The van der Waals surface area contributed by atoms with Crippen molar-refractivity contribution in [3.8, 4) is 11.5 Å². The minimum Gasteiger partial charge on any atom is -0.493 e. The molecule has 0 spiro atoms. The van der Waals surface area contributed by atoms with Gasteiger partial charge in [0.25, 0.3) is 0 Å². The molecule has 3 heteroatoms. The Hall–Kier alpha value is -1.22. The predicted octanol–water partition coefficient (Wildman–Crippen LogP) is 4.54. The molecule has 0 bridgehead atoms. The lowest BCUT2D eigenvalue weighted by molar-refractivity contribution is 0.278. The molecule has 0 radical (unpaired) electrons. The second-order valence-corrected chi connectivity index (χ2v) is 6.50. The van der Waals surface area contributed by atoms with Crippen LogP contribution in [0.2, 0.25) is 0 Å². The van der Waals surface area contributed by atoms with Gasteiger partial charge in [-0.15, -0.1) is 0 Å². The molecule has 0 saturated heterocycles. The number of benzene rings is 1. The smallest absolute Gasteiger partial charge is 0.165 e. The van der Waals surface area contributed by atoms with E-state index in [2.05, 4.69) is 25.2 Å². The third kappa shape index (κ3) is 4.91. The second kappa shape index (κ2) is 9.04. The van der Waals surface area contributed by atoms with Gasteiger partial charge in [0.1, 0.15) is 0 Å². The molecule has 1 aliphatic carbocycles. The fourth-order valence-corrected chi connectivity index (χ4v) is 3.22. The monoisotopic (exact) mass is 305 g/mol. The van der Waals surface area contributed by atoms with Gasteiger partial charge in [-0.3, -0.25) is 0 Å². The van der Waals surface area contributed by atoms with Gasteiger partial charge >= 0.3 is 0 Å². The van der Waals surface area contributed by atoms with Crippen molar-refractivity contribution >= 4 is 0 Å². The first kappa shape index (κ1) is 17.1. The van der Waals surface area contributed by atoms with Crippen LogP contribution < -0.4 is 14.8 Å². The molecule has 1 aliphatic rings. The summed E-state index contributed by atoms with van der Waals surface area (Å²) in [7, 11) is 1.71. The van der Waals surface area contributed by atoms with Crippen LogP contribution in [0.3, 0.4) is 0 Å². The summed E-state index contributed by atoms with van der Waals surface area (Å²) in [4.78, 5) is 0. The minimum atomic E-state index is 0.637. The lowest BCUT2D eigenvalue weighted by atomic mass is 9.87. The summed E-state index contributed by atoms with van der Waals surface area (Å²) in [6, 6.07) is 6.81. The Morgan fingerprint density at radius 1 is 1.27 bits per heavy atom. The van der Waals surface area contributed by atoms with Crippen LogP contribution in [0.1, 0.15) is 57.9 Å². The van der Waals surface area contributed by atoms with E-state index < -0.39 is 0 Å². The number of unbranched alkanes of at least 4 members (excludes halogenated alkanes) is 1. The molecule has 1 fully saturated rings. The molecule has 0 aromatic heterocycles. The van der Waals surface area contributed by atoms with E-state index in [4.69, 9.17) is 9.47 Å². The van der Waals surface area contributed by atoms with Crippen molar-refractivity contribution in [3.63, 3.8) is 0 Å². The van der Waals surface area contributed by atoms with Crippen LogP contribution in [0.25, 0.3) is 0 Å². The van der Waals surface area contributed by atoms with Crippen LogP contribution in [0.15, 0.2) is 18.2 Å². The van der Waals surface area contributed by atoms with Crippen molar-refractivity contribution in [2.75, 3.05) is 13.7 Å². The first-order chi connectivity index (χ1) is 10.7. The summed E-state index contributed by atoms with van der Waals surface area (Å²) in [6.45, 7) is 6.15. The molecule has 3 nitrogen and oxygen atoms in total. The van der Waals surface area contributed by atoms with Crippen molar-refractivity contribution in [3.05, 3.63) is 23.8 Å². The predicted molar refractivity (Wildman–Crippen MR) is 91.7 cm³/mol. The van der Waals surface area contributed by atoms with E-state index in [1.54, 1.807) is 7.11 Å². The lowest BCUT2D eigenvalue weighted by Gasteiger charge is -2.28. The zero-order chi connectivity index (χ0) is 15.8. The highest BCUT2D eigenvalue weighted by atomic mass is 16.5. The largest absolute Gasteiger partial charge is 0.493 e. The van der Waals surface area contributed by atoms with Crippen LogP contribution in [0, 0.1) is 5.92 Å². The highest BCUT2D eigenvalue weighted by Crippen LogP contribution is 2.32. The van der Waals surface area contributed by atoms with Crippen LogP contribution >= 0.6 is 0 Å². The highest BCUT2D eigenvalue weighted by Gasteiger charge is 2.19. The van der Waals surface area contributed by atoms with E-state index in [1.165, 1.54) is 31.2 Å². The van der Waals surface area contributed by atoms with Gasteiger partial charge in [0, 0.05) is 18.2 Å². The van der Waals surface area contributed by atoms with Crippen molar-refractivity contribution in [2.45, 2.75) is 65.0 Å². The maximum atomic E-state index is 6.00. The van der Waals surface area contributed by atoms with Gasteiger partial charge in [0.15, 0.2) is 11.5 Å². The zero-order valence-electron chi connectivity index (χ0n) is 14.4. The SMILES string of the molecule is CCCCOc1c(CNC2CCCC(C)C2)cccc1OC. The molecule has 0 amide bonds. The van der Waals surface area contributed by atoms with Gasteiger partial charge in [-0.2, -0.15) is 0 Å². The first-order valence-electron chi connectivity index (χ1n) is 8.76. The summed E-state index contributed by atoms with van der Waals surface area (Å²) in [6.07, 6.45) is 7.52. The minimum absolute atomic E-state index is 0.637. The third-order valence-electron chi connectivity index (χ3n) is 4.54. The van der Waals surface area contributed by atoms with Gasteiger partial charge in [-0.25, -0.2) is 0 Å². The number of hydrogen-bond donors (Lipinski definition) is 1. The average Bonchev–Trinajstić information content (AvgIpc) is 2.54. The molecule has 22 heavy (non-hydrogen) atoms. The molecule has 0 heterocycles. The van der Waals surface area contributed by atoms with Crippen molar-refractivity contribution in [1.82, 2.24) is 5.32 Å². The Morgan fingerprint density at radius 3 is 2.86 bits per heavy atom. The molecule has 1 aromatic rings. The number of ether oxygens (including phenoxy) is 2. The summed E-state index contributed by atoms with van der Waals surface area (Å²) < 4.78 is 11.5. The number of para-hydroxylation sites is 1. The van der Waals surface area contributed by atoms with Crippen molar-refractivity contribution in [1.29, 1.82) is 0 Å². The molecular formula is C19H31NO2. The van der Waals surface area contributed by atoms with E-state index >= 15 is 0 Å². The number of rotatable bonds is 8. The fraction of sp³-hybridized carbons (Fsp3) is 0.684. The molecule has 0 aliphatic heterocycles. The Bertz CT molecular complexity index is 447. The second-order valence-electron chi connectivity index (χ2n) is 6.50. The van der Waals surface area contributed by atoms with Crippen molar-refractivity contribution in [2.24, 2.45) is 5.92 Å². The van der Waals surface area contributed by atoms with Crippen LogP contribution in [-0.2, 0) is 6.54 Å². The molecule has 1 N–H and O–H groups in total. The standard InChI is InChI=1S/C19H31NO2/c1-4-5-12-22-19-16(9-7-11-18(19)21-3)14-20-17-10-6-8-15(2)13-17/h7,9,11,15,17,20H,4-6,8,10,12-14H2,1-3H3. The van der Waals surface area contributed by atoms with Gasteiger partial charge in [-0.1, -0.05) is 45.2 Å². The van der Waals surface area contributed by atoms with E-state index in [0.717, 1.165) is 43.4 Å². The Balaban J connectivity index is 1.99. The molecule has 1 aromatic carbocycles. The summed E-state index contributed by atoms with van der Waals surface area (Å²) in [5.74, 6) is 2.60. The maximum absolute atomic E-state index is 6.00. The Labute approximate surface area is 135 Å². The van der Waals surface area contributed by atoms with Crippen LogP contribution in [-0.4, -0.2) is 19.8 Å².